The molecule has 1 N–H and O–H groups in total. The lowest BCUT2D eigenvalue weighted by atomic mass is 10.1. The van der Waals surface area contributed by atoms with Crippen molar-refractivity contribution in [3.05, 3.63) is 106 Å². The Kier molecular flexibility index (Phi) is 6.23. The number of aryl methyl sites for hydroxylation is 2. The number of benzene rings is 3. The lowest BCUT2D eigenvalue weighted by molar-refractivity contribution is -0.137. The van der Waals surface area contributed by atoms with E-state index in [1.54, 1.807) is 0 Å². The van der Waals surface area contributed by atoms with Crippen molar-refractivity contribution < 1.29 is 9.59 Å². The summed E-state index contributed by atoms with van der Waals surface area (Å²) >= 11 is 1.33. The molecule has 1 aliphatic rings. The summed E-state index contributed by atoms with van der Waals surface area (Å²) < 4.78 is 0. The molecule has 1 heterocycles. The van der Waals surface area contributed by atoms with Crippen LogP contribution in [0.3, 0.4) is 0 Å². The summed E-state index contributed by atoms with van der Waals surface area (Å²) in [6.07, 6.45) is 0.624. The fourth-order valence-electron chi connectivity index (χ4n) is 3.35. The van der Waals surface area contributed by atoms with Gasteiger partial charge in [0.2, 0.25) is 0 Å². The molecule has 0 aliphatic carbocycles. The minimum absolute atomic E-state index is 0.249. The van der Waals surface area contributed by atoms with E-state index < -0.39 is 0 Å². The largest absolute Gasteiger partial charge is 0.350 e. The first-order chi connectivity index (χ1) is 15.0. The predicted octanol–water partition coefficient (Wildman–Crippen LogP) is 5.33. The second kappa shape index (κ2) is 9.23. The number of anilines is 1. The third kappa shape index (κ3) is 4.89. The van der Waals surface area contributed by atoms with Gasteiger partial charge in [-0.1, -0.05) is 77.5 Å². The van der Waals surface area contributed by atoms with E-state index in [0.29, 0.717) is 23.6 Å². The van der Waals surface area contributed by atoms with E-state index in [2.05, 4.69) is 5.32 Å². The molecule has 4 rings (SSSR count). The van der Waals surface area contributed by atoms with E-state index in [1.807, 2.05) is 92.7 Å². The summed E-state index contributed by atoms with van der Waals surface area (Å²) in [5.41, 5.74) is 4.50. The molecule has 31 heavy (non-hydrogen) atoms. The van der Waals surface area contributed by atoms with Gasteiger partial charge in [0.15, 0.2) is 0 Å². The minimum Gasteiger partial charge on any atom is -0.350 e. The number of hydrogen-bond donors (Lipinski definition) is 1. The first-order valence-electron chi connectivity index (χ1n) is 10.2. The molecule has 0 saturated carbocycles. The van der Waals surface area contributed by atoms with Crippen molar-refractivity contribution in [2.75, 3.05) is 11.9 Å². The Bertz CT molecular complexity index is 1050. The number of hydrogen-bond acceptors (Lipinski definition) is 4. The summed E-state index contributed by atoms with van der Waals surface area (Å²) in [6.45, 7) is 4.38. The van der Waals surface area contributed by atoms with Gasteiger partial charge in [-0.3, -0.25) is 14.5 Å². The third-order valence-corrected chi connectivity index (χ3v) is 6.24. The van der Waals surface area contributed by atoms with Crippen LogP contribution in [0.1, 0.15) is 16.7 Å². The summed E-state index contributed by atoms with van der Waals surface area (Å²) in [5, 5.41) is 3.20. The van der Waals surface area contributed by atoms with E-state index in [1.165, 1.54) is 16.7 Å². The van der Waals surface area contributed by atoms with Crippen molar-refractivity contribution in [3.63, 3.8) is 0 Å². The van der Waals surface area contributed by atoms with Gasteiger partial charge in [0, 0.05) is 17.1 Å². The molecular weight excluding hydrogens is 404 g/mol. The van der Waals surface area contributed by atoms with Crippen LogP contribution in [0.15, 0.2) is 94.4 Å². The molecule has 1 aliphatic heterocycles. The van der Waals surface area contributed by atoms with E-state index in [9.17, 15) is 9.59 Å². The number of nitrogens with zero attached hydrogens (tertiary/aromatic N) is 1. The summed E-state index contributed by atoms with van der Waals surface area (Å²) in [7, 11) is 0. The number of carbonyl (C=O) groups is 2. The van der Waals surface area contributed by atoms with E-state index in [-0.39, 0.29) is 11.8 Å². The molecule has 3 aromatic carbocycles. The average molecular weight is 429 g/mol. The molecule has 3 aromatic rings. The Morgan fingerprint density at radius 3 is 2.03 bits per heavy atom. The first kappa shape index (κ1) is 20.9. The normalized spacial score (nSPS) is 13.8. The smallest absolute Gasteiger partial charge is 0.278 e. The van der Waals surface area contributed by atoms with Crippen LogP contribution < -0.4 is 5.32 Å². The number of carbonyl (C=O) groups excluding carboxylic acids is 2. The van der Waals surface area contributed by atoms with Crippen LogP contribution in [0.25, 0.3) is 0 Å². The van der Waals surface area contributed by atoms with Crippen molar-refractivity contribution >= 4 is 29.3 Å². The van der Waals surface area contributed by atoms with Gasteiger partial charge in [0.1, 0.15) is 10.6 Å². The summed E-state index contributed by atoms with van der Waals surface area (Å²) in [4.78, 5) is 29.2. The quantitative estimate of drug-likeness (QED) is 0.517. The van der Waals surface area contributed by atoms with Gasteiger partial charge in [-0.2, -0.15) is 0 Å². The number of nitrogens with one attached hydrogen (secondary N) is 1. The van der Waals surface area contributed by atoms with Crippen LogP contribution in [0.2, 0.25) is 0 Å². The Hall–Kier alpha value is -3.31. The molecule has 5 heteroatoms. The Balaban J connectivity index is 1.61. The van der Waals surface area contributed by atoms with Crippen LogP contribution in [-0.4, -0.2) is 23.3 Å². The van der Waals surface area contributed by atoms with Gasteiger partial charge < -0.3 is 5.32 Å². The van der Waals surface area contributed by atoms with Gasteiger partial charge in [-0.05, 0) is 50.1 Å². The second-order valence-electron chi connectivity index (χ2n) is 7.61. The zero-order chi connectivity index (χ0) is 21.8. The Morgan fingerprint density at radius 2 is 1.39 bits per heavy atom. The average Bonchev–Trinajstić information content (AvgIpc) is 3.00. The number of imide groups is 1. The van der Waals surface area contributed by atoms with Crippen molar-refractivity contribution in [3.8, 4) is 0 Å². The molecule has 0 spiro atoms. The van der Waals surface area contributed by atoms with Gasteiger partial charge in [-0.25, -0.2) is 0 Å². The van der Waals surface area contributed by atoms with Crippen molar-refractivity contribution in [2.24, 2.45) is 0 Å². The lowest BCUT2D eigenvalue weighted by Gasteiger charge is -2.15. The fraction of sp³-hybridized carbons (Fsp3) is 0.154. The van der Waals surface area contributed by atoms with E-state index in [0.717, 1.165) is 27.3 Å². The fourth-order valence-corrected chi connectivity index (χ4v) is 4.30. The molecule has 0 saturated heterocycles. The van der Waals surface area contributed by atoms with E-state index >= 15 is 0 Å². The highest BCUT2D eigenvalue weighted by molar-refractivity contribution is 8.04. The maximum absolute atomic E-state index is 13.2. The van der Waals surface area contributed by atoms with Crippen LogP contribution >= 0.6 is 11.8 Å². The van der Waals surface area contributed by atoms with Crippen LogP contribution in [0.4, 0.5) is 5.69 Å². The molecule has 0 aromatic heterocycles. The maximum Gasteiger partial charge on any atom is 0.278 e. The van der Waals surface area contributed by atoms with Gasteiger partial charge in [-0.15, -0.1) is 0 Å². The maximum atomic E-state index is 13.2. The standard InChI is InChI=1S/C26H24N2O2S/c1-18-8-12-21(13-9-18)27-23-24(31-22-14-10-19(2)11-15-22)26(30)28(25(23)29)17-16-20-6-4-3-5-7-20/h3-15,27H,16-17H2,1-2H3. The third-order valence-electron chi connectivity index (χ3n) is 5.15. The molecule has 0 unspecified atom stereocenters. The predicted molar refractivity (Wildman–Crippen MR) is 126 cm³/mol. The minimum atomic E-state index is -0.281. The topological polar surface area (TPSA) is 49.4 Å². The highest BCUT2D eigenvalue weighted by Crippen LogP contribution is 2.36. The molecule has 0 atom stereocenters. The second-order valence-corrected chi connectivity index (χ2v) is 8.69. The Morgan fingerprint density at radius 1 is 0.774 bits per heavy atom. The molecule has 2 amide bonds. The number of amides is 2. The lowest BCUT2D eigenvalue weighted by Crippen LogP contribution is -2.34. The van der Waals surface area contributed by atoms with Crippen LogP contribution in [0.5, 0.6) is 0 Å². The first-order valence-corrected chi connectivity index (χ1v) is 11.1. The molecular formula is C26H24N2O2S. The monoisotopic (exact) mass is 428 g/mol. The highest BCUT2D eigenvalue weighted by Gasteiger charge is 2.38. The molecule has 4 nitrogen and oxygen atoms in total. The van der Waals surface area contributed by atoms with Gasteiger partial charge in [0.05, 0.1) is 0 Å². The molecule has 0 fully saturated rings. The van der Waals surface area contributed by atoms with Gasteiger partial charge in [0.25, 0.3) is 11.8 Å². The van der Waals surface area contributed by atoms with Crippen molar-refractivity contribution in [1.82, 2.24) is 4.90 Å². The van der Waals surface area contributed by atoms with E-state index in [4.69, 9.17) is 0 Å². The summed E-state index contributed by atoms with van der Waals surface area (Å²) in [6, 6.07) is 25.6. The molecule has 156 valence electrons. The SMILES string of the molecule is Cc1ccc(NC2=C(Sc3ccc(C)cc3)C(=O)N(CCc3ccccc3)C2=O)cc1. The summed E-state index contributed by atoms with van der Waals surface area (Å²) in [5.74, 6) is -0.530. The van der Waals surface area contributed by atoms with Crippen molar-refractivity contribution in [1.29, 1.82) is 0 Å². The zero-order valence-electron chi connectivity index (χ0n) is 17.6. The van der Waals surface area contributed by atoms with Crippen LogP contribution in [0, 0.1) is 13.8 Å². The number of thioether (sulfide) groups is 1. The zero-order valence-corrected chi connectivity index (χ0v) is 18.4. The highest BCUT2D eigenvalue weighted by atomic mass is 32.2. The number of rotatable bonds is 7. The molecule has 0 bridgehead atoms. The van der Waals surface area contributed by atoms with Gasteiger partial charge >= 0.3 is 0 Å². The Labute approximate surface area is 187 Å². The van der Waals surface area contributed by atoms with Crippen molar-refractivity contribution in [2.45, 2.75) is 25.2 Å². The van der Waals surface area contributed by atoms with Crippen LogP contribution in [-0.2, 0) is 16.0 Å². The molecule has 0 radical (unpaired) electrons.